The van der Waals surface area contributed by atoms with Crippen molar-refractivity contribution in [3.8, 4) is 5.75 Å². The van der Waals surface area contributed by atoms with E-state index in [0.717, 1.165) is 12.1 Å². The Hall–Kier alpha value is -0.790. The van der Waals surface area contributed by atoms with Gasteiger partial charge in [-0.15, -0.1) is 0 Å². The highest BCUT2D eigenvalue weighted by atomic mass is 79.9. The number of ether oxygens (including phenoxy) is 1. The summed E-state index contributed by atoms with van der Waals surface area (Å²) < 4.78 is 43.1. The molecule has 1 N–H and O–H groups in total. The van der Waals surface area contributed by atoms with Gasteiger partial charge in [-0.1, -0.05) is 0 Å². The maximum absolute atomic E-state index is 12.6. The molecule has 0 unspecified atom stereocenters. The van der Waals surface area contributed by atoms with Crippen molar-refractivity contribution >= 4 is 15.9 Å². The van der Waals surface area contributed by atoms with Crippen LogP contribution in [0.1, 0.15) is 11.1 Å². The Bertz CT molecular complexity index is 396. The van der Waals surface area contributed by atoms with Gasteiger partial charge in [0.2, 0.25) is 0 Å². The monoisotopic (exact) mass is 313 g/mol. The SMILES string of the molecule is CONCc1cc(C(F)(F)F)cc(Br)c1OC. The lowest BCUT2D eigenvalue weighted by atomic mass is 10.1. The lowest BCUT2D eigenvalue weighted by Crippen LogP contribution is -2.14. The maximum Gasteiger partial charge on any atom is 0.416 e. The van der Waals surface area contributed by atoms with Gasteiger partial charge in [0, 0.05) is 12.1 Å². The van der Waals surface area contributed by atoms with Gasteiger partial charge in [0.1, 0.15) is 5.75 Å². The number of benzene rings is 1. The molecule has 0 heterocycles. The summed E-state index contributed by atoms with van der Waals surface area (Å²) in [5, 5.41) is 0. The van der Waals surface area contributed by atoms with E-state index in [2.05, 4.69) is 26.2 Å². The van der Waals surface area contributed by atoms with E-state index >= 15 is 0 Å². The molecular formula is C10H11BrF3NO2. The second kappa shape index (κ2) is 5.70. The van der Waals surface area contributed by atoms with E-state index in [1.165, 1.54) is 14.2 Å². The number of nitrogens with one attached hydrogen (secondary N) is 1. The molecular weight excluding hydrogens is 303 g/mol. The van der Waals surface area contributed by atoms with Crippen LogP contribution < -0.4 is 10.2 Å². The fraction of sp³-hybridized carbons (Fsp3) is 0.400. The molecule has 96 valence electrons. The number of methoxy groups -OCH3 is 1. The van der Waals surface area contributed by atoms with Gasteiger partial charge in [-0.2, -0.15) is 18.7 Å². The Kier molecular flexibility index (Phi) is 4.79. The maximum atomic E-state index is 12.6. The lowest BCUT2D eigenvalue weighted by molar-refractivity contribution is -0.137. The van der Waals surface area contributed by atoms with Crippen molar-refractivity contribution in [2.24, 2.45) is 0 Å². The average molecular weight is 314 g/mol. The summed E-state index contributed by atoms with van der Waals surface area (Å²) in [6.45, 7) is 0.113. The van der Waals surface area contributed by atoms with E-state index in [-0.39, 0.29) is 11.0 Å². The minimum absolute atomic E-state index is 0.113. The van der Waals surface area contributed by atoms with Crippen molar-refractivity contribution < 1.29 is 22.7 Å². The number of hydrogen-bond donors (Lipinski definition) is 1. The predicted molar refractivity (Wildman–Crippen MR) is 59.5 cm³/mol. The van der Waals surface area contributed by atoms with E-state index < -0.39 is 11.7 Å². The van der Waals surface area contributed by atoms with E-state index in [9.17, 15) is 13.2 Å². The summed E-state index contributed by atoms with van der Waals surface area (Å²) in [6, 6.07) is 2.00. The largest absolute Gasteiger partial charge is 0.495 e. The standard InChI is InChI=1S/C10H11BrF3NO2/c1-16-9-6(5-15-17-2)3-7(4-8(9)11)10(12,13)14/h3-4,15H,5H2,1-2H3. The molecule has 1 aromatic rings. The van der Waals surface area contributed by atoms with Crippen LogP contribution in [0.3, 0.4) is 0 Å². The summed E-state index contributed by atoms with van der Waals surface area (Å²) in [4.78, 5) is 4.61. The first-order chi connectivity index (χ1) is 7.90. The smallest absolute Gasteiger partial charge is 0.416 e. The third-order valence-electron chi connectivity index (χ3n) is 2.06. The highest BCUT2D eigenvalue weighted by Gasteiger charge is 2.32. The molecule has 0 bridgehead atoms. The average Bonchev–Trinajstić information content (AvgIpc) is 2.24. The van der Waals surface area contributed by atoms with Crippen LogP contribution in [0.15, 0.2) is 16.6 Å². The molecule has 17 heavy (non-hydrogen) atoms. The molecule has 0 aliphatic rings. The minimum Gasteiger partial charge on any atom is -0.495 e. The Labute approximate surface area is 105 Å². The van der Waals surface area contributed by atoms with Gasteiger partial charge in [-0.3, -0.25) is 0 Å². The zero-order chi connectivity index (χ0) is 13.1. The highest BCUT2D eigenvalue weighted by Crippen LogP contribution is 2.37. The Morgan fingerprint density at radius 3 is 2.41 bits per heavy atom. The van der Waals surface area contributed by atoms with Crippen molar-refractivity contribution in [1.82, 2.24) is 5.48 Å². The minimum atomic E-state index is -4.39. The zero-order valence-corrected chi connectivity index (χ0v) is 10.8. The molecule has 0 radical (unpaired) electrons. The molecule has 0 fully saturated rings. The van der Waals surface area contributed by atoms with Crippen LogP contribution in [0.5, 0.6) is 5.75 Å². The van der Waals surface area contributed by atoms with Gasteiger partial charge in [0.15, 0.2) is 0 Å². The molecule has 0 aliphatic carbocycles. The molecule has 0 aromatic heterocycles. The van der Waals surface area contributed by atoms with Crippen molar-refractivity contribution in [3.63, 3.8) is 0 Å². The molecule has 0 saturated carbocycles. The van der Waals surface area contributed by atoms with Gasteiger partial charge in [0.25, 0.3) is 0 Å². The number of alkyl halides is 3. The van der Waals surface area contributed by atoms with Crippen LogP contribution in [-0.2, 0) is 17.6 Å². The number of hydrogen-bond acceptors (Lipinski definition) is 3. The normalized spacial score (nSPS) is 11.6. The zero-order valence-electron chi connectivity index (χ0n) is 9.19. The first-order valence-corrected chi connectivity index (χ1v) is 5.39. The van der Waals surface area contributed by atoms with Crippen molar-refractivity contribution in [1.29, 1.82) is 0 Å². The molecule has 0 spiro atoms. The first-order valence-electron chi connectivity index (χ1n) is 4.59. The predicted octanol–water partition coefficient (Wildman–Crippen LogP) is 3.13. The van der Waals surface area contributed by atoms with Crippen LogP contribution in [0.4, 0.5) is 13.2 Å². The van der Waals surface area contributed by atoms with Crippen LogP contribution in [0.2, 0.25) is 0 Å². The molecule has 3 nitrogen and oxygen atoms in total. The molecule has 0 atom stereocenters. The third-order valence-corrected chi connectivity index (χ3v) is 2.65. The van der Waals surface area contributed by atoms with Crippen LogP contribution in [0, 0.1) is 0 Å². The van der Waals surface area contributed by atoms with E-state index in [0.29, 0.717) is 11.3 Å². The van der Waals surface area contributed by atoms with Gasteiger partial charge in [0.05, 0.1) is 24.3 Å². The summed E-state index contributed by atoms with van der Waals surface area (Å²) >= 11 is 3.05. The molecule has 0 saturated heterocycles. The molecule has 0 aliphatic heterocycles. The quantitative estimate of drug-likeness (QED) is 0.866. The second-order valence-corrected chi connectivity index (χ2v) is 4.03. The molecule has 1 rings (SSSR count). The Morgan fingerprint density at radius 2 is 1.94 bits per heavy atom. The third kappa shape index (κ3) is 3.58. The first kappa shape index (κ1) is 14.3. The molecule has 7 heteroatoms. The van der Waals surface area contributed by atoms with Crippen molar-refractivity contribution in [2.45, 2.75) is 12.7 Å². The summed E-state index contributed by atoms with van der Waals surface area (Å²) in [6.07, 6.45) is -4.39. The fourth-order valence-corrected chi connectivity index (χ4v) is 1.99. The van der Waals surface area contributed by atoms with E-state index in [4.69, 9.17) is 4.74 Å². The van der Waals surface area contributed by atoms with Gasteiger partial charge >= 0.3 is 6.18 Å². The van der Waals surface area contributed by atoms with Crippen LogP contribution in [0.25, 0.3) is 0 Å². The van der Waals surface area contributed by atoms with Crippen LogP contribution in [-0.4, -0.2) is 14.2 Å². The second-order valence-electron chi connectivity index (χ2n) is 3.17. The van der Waals surface area contributed by atoms with E-state index in [1.807, 2.05) is 0 Å². The Balaban J connectivity index is 3.19. The lowest BCUT2D eigenvalue weighted by Gasteiger charge is -2.14. The number of rotatable bonds is 4. The van der Waals surface area contributed by atoms with Crippen LogP contribution >= 0.6 is 15.9 Å². The summed E-state index contributed by atoms with van der Waals surface area (Å²) in [7, 11) is 2.78. The summed E-state index contributed by atoms with van der Waals surface area (Å²) in [5.74, 6) is 0.350. The highest BCUT2D eigenvalue weighted by molar-refractivity contribution is 9.10. The van der Waals surface area contributed by atoms with Crippen molar-refractivity contribution in [2.75, 3.05) is 14.2 Å². The summed E-state index contributed by atoms with van der Waals surface area (Å²) in [5.41, 5.74) is 2.10. The van der Waals surface area contributed by atoms with Gasteiger partial charge in [-0.25, -0.2) is 0 Å². The van der Waals surface area contributed by atoms with E-state index in [1.54, 1.807) is 0 Å². The number of hydroxylamine groups is 1. The Morgan fingerprint density at radius 1 is 1.29 bits per heavy atom. The fourth-order valence-electron chi connectivity index (χ4n) is 1.32. The van der Waals surface area contributed by atoms with Gasteiger partial charge in [-0.05, 0) is 28.1 Å². The van der Waals surface area contributed by atoms with Gasteiger partial charge < -0.3 is 9.57 Å². The molecule has 1 aromatic carbocycles. The molecule has 0 amide bonds. The number of halogens is 4. The topological polar surface area (TPSA) is 30.5 Å². The van der Waals surface area contributed by atoms with Crippen molar-refractivity contribution in [3.05, 3.63) is 27.7 Å².